The summed E-state index contributed by atoms with van der Waals surface area (Å²) in [5, 5.41) is 0.775. The molecule has 3 nitrogen and oxygen atoms in total. The molecule has 114 valence electrons. The molecule has 0 aliphatic rings. The second-order valence-corrected chi connectivity index (χ2v) is 6.21. The van der Waals surface area contributed by atoms with Crippen molar-refractivity contribution >= 4 is 17.2 Å². The van der Waals surface area contributed by atoms with Gasteiger partial charge in [-0.05, 0) is 43.7 Å². The predicted molar refractivity (Wildman–Crippen MR) is 92.6 cm³/mol. The van der Waals surface area contributed by atoms with Gasteiger partial charge in [0, 0.05) is 28.7 Å². The summed E-state index contributed by atoms with van der Waals surface area (Å²) in [6.07, 6.45) is 0. The molecule has 1 unspecified atom stereocenters. The summed E-state index contributed by atoms with van der Waals surface area (Å²) in [7, 11) is 0. The highest BCUT2D eigenvalue weighted by atomic mass is 35.5. The lowest BCUT2D eigenvalue weighted by Gasteiger charge is -2.13. The Balaban J connectivity index is 2.33. The van der Waals surface area contributed by atoms with Crippen molar-refractivity contribution < 1.29 is 0 Å². The molecule has 0 saturated carbocycles. The van der Waals surface area contributed by atoms with Gasteiger partial charge >= 0.3 is 0 Å². The molecule has 2 aromatic heterocycles. The molecule has 2 heterocycles. The summed E-state index contributed by atoms with van der Waals surface area (Å²) in [6.45, 7) is 6.83. The fourth-order valence-corrected chi connectivity index (χ4v) is 2.97. The number of aromatic nitrogens is 2. The Bertz CT molecular complexity index is 836. The van der Waals surface area contributed by atoms with Crippen molar-refractivity contribution in [1.82, 2.24) is 9.38 Å². The zero-order chi connectivity index (χ0) is 15.9. The Kier molecular flexibility index (Phi) is 3.94. The van der Waals surface area contributed by atoms with Crippen molar-refractivity contribution in [3.63, 3.8) is 0 Å². The first-order valence-corrected chi connectivity index (χ1v) is 7.85. The normalized spacial score (nSPS) is 12.8. The molecular weight excluding hydrogens is 294 g/mol. The Labute approximate surface area is 135 Å². The van der Waals surface area contributed by atoms with Crippen LogP contribution in [0.25, 0.3) is 16.9 Å². The number of hydrogen-bond donors (Lipinski definition) is 1. The number of pyridine rings is 1. The number of nitrogens with zero attached hydrogens (tertiary/aromatic N) is 2. The molecule has 0 bridgehead atoms. The third-order valence-corrected chi connectivity index (χ3v) is 4.55. The van der Waals surface area contributed by atoms with Gasteiger partial charge in [0.15, 0.2) is 0 Å². The Morgan fingerprint density at radius 3 is 2.68 bits per heavy atom. The van der Waals surface area contributed by atoms with Gasteiger partial charge in [-0.3, -0.25) is 0 Å². The number of nitrogens with two attached hydrogens (primary N) is 1. The largest absolute Gasteiger partial charge is 0.330 e. The van der Waals surface area contributed by atoms with Crippen molar-refractivity contribution in [2.75, 3.05) is 6.54 Å². The van der Waals surface area contributed by atoms with Gasteiger partial charge < -0.3 is 10.1 Å². The molecule has 0 saturated heterocycles. The van der Waals surface area contributed by atoms with Crippen LogP contribution in [0, 0.1) is 13.8 Å². The summed E-state index contributed by atoms with van der Waals surface area (Å²) in [5.41, 5.74) is 12.4. The first-order chi connectivity index (χ1) is 10.5. The summed E-state index contributed by atoms with van der Waals surface area (Å²) >= 11 is 6.16. The summed E-state index contributed by atoms with van der Waals surface area (Å²) in [6, 6.07) is 12.2. The van der Waals surface area contributed by atoms with Gasteiger partial charge in [-0.25, -0.2) is 4.98 Å². The highest BCUT2D eigenvalue weighted by Gasteiger charge is 2.19. The van der Waals surface area contributed by atoms with Gasteiger partial charge in [0.1, 0.15) is 5.65 Å². The zero-order valence-corrected chi connectivity index (χ0v) is 13.9. The van der Waals surface area contributed by atoms with Crippen LogP contribution in [0.1, 0.15) is 29.8 Å². The monoisotopic (exact) mass is 313 g/mol. The van der Waals surface area contributed by atoms with Crippen molar-refractivity contribution in [2.24, 2.45) is 5.73 Å². The lowest BCUT2D eigenvalue weighted by molar-refractivity contribution is 0.733. The average Bonchev–Trinajstić information content (AvgIpc) is 2.90. The lowest BCUT2D eigenvalue weighted by Crippen LogP contribution is -2.12. The summed E-state index contributed by atoms with van der Waals surface area (Å²) in [5.74, 6) is 0.224. The number of hydrogen-bond acceptors (Lipinski definition) is 2. The van der Waals surface area contributed by atoms with Crippen LogP contribution in [0.5, 0.6) is 0 Å². The molecule has 0 radical (unpaired) electrons. The molecule has 3 aromatic rings. The molecule has 0 aliphatic heterocycles. The van der Waals surface area contributed by atoms with E-state index in [0.717, 1.165) is 38.9 Å². The van der Waals surface area contributed by atoms with Crippen LogP contribution < -0.4 is 5.73 Å². The molecule has 0 amide bonds. The standard InChI is InChI=1S/C18H20ClN3/c1-11-9-14(7-8-15(11)19)17-18(12(2)10-20)22-13(3)5-4-6-16(22)21-17/h4-9,12H,10,20H2,1-3H3. The van der Waals surface area contributed by atoms with E-state index in [-0.39, 0.29) is 5.92 Å². The fourth-order valence-electron chi connectivity index (χ4n) is 2.85. The van der Waals surface area contributed by atoms with Crippen molar-refractivity contribution in [3.05, 3.63) is 58.4 Å². The van der Waals surface area contributed by atoms with E-state index in [1.54, 1.807) is 0 Å². The van der Waals surface area contributed by atoms with Gasteiger partial charge in [-0.15, -0.1) is 0 Å². The second-order valence-electron chi connectivity index (χ2n) is 5.81. The van der Waals surface area contributed by atoms with E-state index in [1.165, 1.54) is 0 Å². The van der Waals surface area contributed by atoms with Gasteiger partial charge in [0.25, 0.3) is 0 Å². The van der Waals surface area contributed by atoms with Crippen LogP contribution in [-0.4, -0.2) is 15.9 Å². The van der Waals surface area contributed by atoms with Crippen LogP contribution >= 0.6 is 11.6 Å². The van der Waals surface area contributed by atoms with Gasteiger partial charge in [0.2, 0.25) is 0 Å². The van der Waals surface area contributed by atoms with E-state index in [1.807, 2.05) is 31.2 Å². The molecule has 22 heavy (non-hydrogen) atoms. The van der Waals surface area contributed by atoms with E-state index in [2.05, 4.69) is 30.4 Å². The smallest absolute Gasteiger partial charge is 0.137 e. The summed E-state index contributed by atoms with van der Waals surface area (Å²) < 4.78 is 2.21. The van der Waals surface area contributed by atoms with Crippen molar-refractivity contribution in [1.29, 1.82) is 0 Å². The minimum absolute atomic E-state index is 0.224. The molecule has 1 atom stereocenters. The maximum atomic E-state index is 6.16. The third kappa shape index (κ3) is 2.40. The van der Waals surface area contributed by atoms with Crippen LogP contribution in [-0.2, 0) is 0 Å². The van der Waals surface area contributed by atoms with E-state index < -0.39 is 0 Å². The number of fused-ring (bicyclic) bond motifs is 1. The number of benzene rings is 1. The average molecular weight is 314 g/mol. The minimum atomic E-state index is 0.224. The maximum absolute atomic E-state index is 6.16. The first-order valence-electron chi connectivity index (χ1n) is 7.47. The quantitative estimate of drug-likeness (QED) is 0.782. The van der Waals surface area contributed by atoms with Gasteiger partial charge in [0.05, 0.1) is 11.4 Å². The van der Waals surface area contributed by atoms with Crippen molar-refractivity contribution in [3.8, 4) is 11.3 Å². The molecular formula is C18H20ClN3. The van der Waals surface area contributed by atoms with Gasteiger partial charge in [-0.1, -0.05) is 30.7 Å². The molecule has 3 rings (SSSR count). The number of aryl methyl sites for hydroxylation is 2. The highest BCUT2D eigenvalue weighted by Crippen LogP contribution is 2.32. The van der Waals surface area contributed by atoms with Crippen molar-refractivity contribution in [2.45, 2.75) is 26.7 Å². The Hall–Kier alpha value is -1.84. The molecule has 0 aliphatic carbocycles. The Morgan fingerprint density at radius 1 is 1.23 bits per heavy atom. The zero-order valence-electron chi connectivity index (χ0n) is 13.1. The third-order valence-electron chi connectivity index (χ3n) is 4.13. The first kappa shape index (κ1) is 15.1. The molecule has 2 N–H and O–H groups in total. The Morgan fingerprint density at radius 2 is 2.00 bits per heavy atom. The second kappa shape index (κ2) is 5.75. The van der Waals surface area contributed by atoms with Crippen LogP contribution in [0.2, 0.25) is 5.02 Å². The van der Waals surface area contributed by atoms with Crippen LogP contribution in [0.4, 0.5) is 0 Å². The predicted octanol–water partition coefficient (Wildman–Crippen LogP) is 4.33. The van der Waals surface area contributed by atoms with E-state index in [4.69, 9.17) is 22.3 Å². The SMILES string of the molecule is Cc1cc(-c2nc3cccc(C)n3c2C(C)CN)ccc1Cl. The molecule has 0 spiro atoms. The summed E-state index contributed by atoms with van der Waals surface area (Å²) in [4.78, 5) is 4.85. The molecule has 0 fully saturated rings. The number of halogens is 1. The number of imidazole rings is 1. The maximum Gasteiger partial charge on any atom is 0.137 e. The molecule has 4 heteroatoms. The van der Waals surface area contributed by atoms with Crippen LogP contribution in [0.15, 0.2) is 36.4 Å². The number of rotatable bonds is 3. The minimum Gasteiger partial charge on any atom is -0.330 e. The van der Waals surface area contributed by atoms with Gasteiger partial charge in [-0.2, -0.15) is 0 Å². The van der Waals surface area contributed by atoms with E-state index in [9.17, 15) is 0 Å². The molecule has 1 aromatic carbocycles. The topological polar surface area (TPSA) is 43.3 Å². The van der Waals surface area contributed by atoms with E-state index >= 15 is 0 Å². The lowest BCUT2D eigenvalue weighted by atomic mass is 10.0. The fraction of sp³-hybridized carbons (Fsp3) is 0.278. The van der Waals surface area contributed by atoms with E-state index in [0.29, 0.717) is 6.54 Å². The van der Waals surface area contributed by atoms with Crippen LogP contribution in [0.3, 0.4) is 0 Å². The highest BCUT2D eigenvalue weighted by molar-refractivity contribution is 6.31.